The van der Waals surface area contributed by atoms with Gasteiger partial charge in [0, 0.05) is 33.8 Å². The number of rotatable bonds is 20. The third-order valence-electron chi connectivity index (χ3n) is 5.07. The molecular weight excluding hydrogens is 358 g/mol. The van der Waals surface area contributed by atoms with E-state index < -0.39 is 12.1 Å². The Kier molecular flexibility index (Phi) is 17.9. The van der Waals surface area contributed by atoms with E-state index in [1.807, 2.05) is 6.92 Å². The predicted molar refractivity (Wildman–Crippen MR) is 114 cm³/mol. The van der Waals surface area contributed by atoms with Crippen molar-refractivity contribution < 1.29 is 24.1 Å². The first kappa shape index (κ1) is 27.3. The van der Waals surface area contributed by atoms with Gasteiger partial charge < -0.3 is 29.4 Å². The van der Waals surface area contributed by atoms with Crippen molar-refractivity contribution in [3.63, 3.8) is 0 Å². The maximum atomic E-state index is 9.85. The second kappa shape index (κ2) is 18.4. The molecule has 2 N–H and O–H groups in total. The number of methoxy groups -OCH3 is 3. The molecule has 0 heterocycles. The largest absolute Gasteiger partial charge is 0.499 e. The van der Waals surface area contributed by atoms with Crippen molar-refractivity contribution in [3.05, 3.63) is 12.3 Å². The summed E-state index contributed by atoms with van der Waals surface area (Å²) < 4.78 is 22.0. The van der Waals surface area contributed by atoms with Crippen LogP contribution in [0.5, 0.6) is 0 Å². The Morgan fingerprint density at radius 3 is 2.14 bits per heavy atom. The van der Waals surface area contributed by atoms with E-state index in [4.69, 9.17) is 18.9 Å². The first-order valence-electron chi connectivity index (χ1n) is 10.9. The Labute approximate surface area is 173 Å². The summed E-state index contributed by atoms with van der Waals surface area (Å²) >= 11 is 0. The topological polar surface area (TPSA) is 69.2 Å². The minimum absolute atomic E-state index is 0.170. The summed E-state index contributed by atoms with van der Waals surface area (Å²) in [6.07, 6.45) is 13.4. The van der Waals surface area contributed by atoms with Crippen LogP contribution in [0.25, 0.3) is 0 Å². The predicted octanol–water partition coefficient (Wildman–Crippen LogP) is 4.23. The first-order chi connectivity index (χ1) is 13.6. The fourth-order valence-corrected chi connectivity index (χ4v) is 3.48. The maximum absolute atomic E-state index is 9.85. The van der Waals surface area contributed by atoms with Crippen molar-refractivity contribution in [2.24, 2.45) is 5.92 Å². The van der Waals surface area contributed by atoms with E-state index in [0.29, 0.717) is 13.2 Å². The summed E-state index contributed by atoms with van der Waals surface area (Å²) in [5.74, 6) is -0.813. The van der Waals surface area contributed by atoms with Gasteiger partial charge in [-0.1, -0.05) is 51.5 Å². The molecule has 0 saturated carbocycles. The molecule has 0 aromatic carbocycles. The highest BCUT2D eigenvalue weighted by molar-refractivity contribution is 4.73. The zero-order chi connectivity index (χ0) is 21.1. The van der Waals surface area contributed by atoms with Crippen LogP contribution in [-0.2, 0) is 18.9 Å². The van der Waals surface area contributed by atoms with E-state index in [-0.39, 0.29) is 5.92 Å². The van der Waals surface area contributed by atoms with Crippen LogP contribution in [0.3, 0.4) is 0 Å². The molecule has 0 rings (SSSR count). The summed E-state index contributed by atoms with van der Waals surface area (Å²) in [6, 6.07) is 0. The number of hydrogen-bond donors (Lipinski definition) is 2. The minimum Gasteiger partial charge on any atom is -0.499 e. The zero-order valence-electron chi connectivity index (χ0n) is 18.9. The average molecular weight is 404 g/mol. The van der Waals surface area contributed by atoms with Crippen molar-refractivity contribution in [1.29, 1.82) is 0 Å². The molecular formula is C22H45NO5. The molecule has 168 valence electrons. The Balaban J connectivity index is 4.30. The lowest BCUT2D eigenvalue weighted by Gasteiger charge is -2.36. The SMILES string of the molecule is CC=COCC(O)CNCCCC(CCCCCCCC)C(OC)(OC)OC. The van der Waals surface area contributed by atoms with Crippen LogP contribution in [0.15, 0.2) is 12.3 Å². The van der Waals surface area contributed by atoms with Gasteiger partial charge in [-0.25, -0.2) is 0 Å². The van der Waals surface area contributed by atoms with Gasteiger partial charge in [-0.15, -0.1) is 0 Å². The molecule has 0 aliphatic rings. The van der Waals surface area contributed by atoms with Crippen molar-refractivity contribution in [2.75, 3.05) is 41.0 Å². The molecule has 0 radical (unpaired) electrons. The molecule has 28 heavy (non-hydrogen) atoms. The zero-order valence-corrected chi connectivity index (χ0v) is 18.9. The lowest BCUT2D eigenvalue weighted by Crippen LogP contribution is -2.44. The number of aliphatic hydroxyl groups excluding tert-OH is 1. The molecule has 0 aromatic rings. The highest BCUT2D eigenvalue weighted by Gasteiger charge is 2.39. The fraction of sp³-hybridized carbons (Fsp3) is 0.909. The molecule has 0 spiro atoms. The number of allylic oxidation sites excluding steroid dienone is 1. The van der Waals surface area contributed by atoms with E-state index in [1.165, 1.54) is 32.1 Å². The van der Waals surface area contributed by atoms with Gasteiger partial charge in [0.15, 0.2) is 0 Å². The van der Waals surface area contributed by atoms with Crippen LogP contribution in [0.2, 0.25) is 0 Å². The molecule has 6 nitrogen and oxygen atoms in total. The van der Waals surface area contributed by atoms with E-state index in [9.17, 15) is 5.11 Å². The van der Waals surface area contributed by atoms with Crippen molar-refractivity contribution in [2.45, 2.75) is 83.7 Å². The van der Waals surface area contributed by atoms with Gasteiger partial charge in [0.25, 0.3) is 5.97 Å². The van der Waals surface area contributed by atoms with Gasteiger partial charge in [-0.3, -0.25) is 0 Å². The first-order valence-corrected chi connectivity index (χ1v) is 10.9. The Hall–Kier alpha value is -0.660. The third-order valence-corrected chi connectivity index (χ3v) is 5.07. The van der Waals surface area contributed by atoms with Crippen molar-refractivity contribution in [3.8, 4) is 0 Å². The Morgan fingerprint density at radius 2 is 1.54 bits per heavy atom. The standard InChI is InChI=1S/C22H45NO5/c1-6-8-9-10-11-12-14-20(22(25-3,26-4)27-5)15-13-16-23-18-21(24)19-28-17-7-2/h7,17,20-21,23-24H,6,8-16,18-19H2,1-5H3. The molecule has 0 amide bonds. The fourth-order valence-electron chi connectivity index (χ4n) is 3.48. The number of ether oxygens (including phenoxy) is 4. The smallest absolute Gasteiger partial charge is 0.285 e. The van der Waals surface area contributed by atoms with E-state index in [2.05, 4.69) is 12.2 Å². The quantitative estimate of drug-likeness (QED) is 0.180. The normalized spacial score (nSPS) is 14.5. The van der Waals surface area contributed by atoms with Crippen LogP contribution in [0.1, 0.15) is 71.6 Å². The summed E-state index contributed by atoms with van der Waals surface area (Å²) in [5.41, 5.74) is 0. The van der Waals surface area contributed by atoms with Crippen molar-refractivity contribution in [1.82, 2.24) is 5.32 Å². The molecule has 0 bridgehead atoms. The number of nitrogens with one attached hydrogen (secondary N) is 1. The van der Waals surface area contributed by atoms with E-state index >= 15 is 0 Å². The Bertz CT molecular complexity index is 353. The lowest BCUT2D eigenvalue weighted by atomic mass is 9.93. The van der Waals surface area contributed by atoms with Gasteiger partial charge in [-0.2, -0.15) is 0 Å². The maximum Gasteiger partial charge on any atom is 0.285 e. The summed E-state index contributed by atoms with van der Waals surface area (Å²) in [4.78, 5) is 0. The number of hydrogen-bond acceptors (Lipinski definition) is 6. The number of unbranched alkanes of at least 4 members (excludes halogenated alkanes) is 5. The highest BCUT2D eigenvalue weighted by atomic mass is 16.9. The second-order valence-electron chi connectivity index (χ2n) is 7.27. The average Bonchev–Trinajstić information content (AvgIpc) is 2.71. The van der Waals surface area contributed by atoms with Crippen molar-refractivity contribution >= 4 is 0 Å². The van der Waals surface area contributed by atoms with Gasteiger partial charge in [0.2, 0.25) is 0 Å². The van der Waals surface area contributed by atoms with E-state index in [1.54, 1.807) is 33.7 Å². The van der Waals surface area contributed by atoms with Crippen LogP contribution >= 0.6 is 0 Å². The van der Waals surface area contributed by atoms with Gasteiger partial charge >= 0.3 is 0 Å². The van der Waals surface area contributed by atoms with Crippen LogP contribution in [0.4, 0.5) is 0 Å². The lowest BCUT2D eigenvalue weighted by molar-refractivity contribution is -0.380. The van der Waals surface area contributed by atoms with Gasteiger partial charge in [0.05, 0.1) is 6.26 Å². The van der Waals surface area contributed by atoms with E-state index in [0.717, 1.165) is 32.2 Å². The second-order valence-corrected chi connectivity index (χ2v) is 7.27. The van der Waals surface area contributed by atoms with Gasteiger partial charge in [-0.05, 0) is 32.7 Å². The summed E-state index contributed by atoms with van der Waals surface area (Å²) in [7, 11) is 4.92. The molecule has 0 aliphatic carbocycles. The molecule has 2 atom stereocenters. The molecule has 0 aliphatic heterocycles. The summed E-state index contributed by atoms with van der Waals surface area (Å²) in [6.45, 7) is 5.76. The summed E-state index contributed by atoms with van der Waals surface area (Å²) in [5, 5.41) is 13.1. The van der Waals surface area contributed by atoms with Crippen LogP contribution < -0.4 is 5.32 Å². The molecule has 6 heteroatoms. The molecule has 0 saturated heterocycles. The van der Waals surface area contributed by atoms with Crippen LogP contribution in [0, 0.1) is 5.92 Å². The Morgan fingerprint density at radius 1 is 0.929 bits per heavy atom. The molecule has 0 fully saturated rings. The highest BCUT2D eigenvalue weighted by Crippen LogP contribution is 2.32. The number of aliphatic hydroxyl groups is 1. The monoisotopic (exact) mass is 403 g/mol. The third kappa shape index (κ3) is 12.0. The minimum atomic E-state index is -0.983. The van der Waals surface area contributed by atoms with Gasteiger partial charge in [0.1, 0.15) is 12.7 Å². The molecule has 2 unspecified atom stereocenters. The van der Waals surface area contributed by atoms with Crippen LogP contribution in [-0.4, -0.2) is 58.2 Å². The molecule has 0 aromatic heterocycles.